The second-order valence-corrected chi connectivity index (χ2v) is 12.6. The topological polar surface area (TPSA) is 126 Å². The predicted octanol–water partition coefficient (Wildman–Crippen LogP) is 4.64. The summed E-state index contributed by atoms with van der Waals surface area (Å²) in [5.41, 5.74) is 3.61. The van der Waals surface area contributed by atoms with Crippen LogP contribution in [0.1, 0.15) is 16.7 Å². The summed E-state index contributed by atoms with van der Waals surface area (Å²) in [6.45, 7) is 5.08. The van der Waals surface area contributed by atoms with Crippen molar-refractivity contribution in [3.05, 3.63) is 108 Å². The van der Waals surface area contributed by atoms with Crippen LogP contribution >= 0.6 is 0 Å². The zero-order valence-electron chi connectivity index (χ0n) is 21.6. The Bertz CT molecular complexity index is 1670. The Morgan fingerprint density at radius 2 is 1.38 bits per heavy atom. The highest BCUT2D eigenvalue weighted by Gasteiger charge is 2.27. The number of aromatic nitrogens is 1. The average molecular weight is 565 g/mol. The third kappa shape index (κ3) is 6.81. The number of amides is 1. The number of pyridine rings is 1. The van der Waals surface area contributed by atoms with E-state index in [9.17, 15) is 21.6 Å². The van der Waals surface area contributed by atoms with Crippen LogP contribution in [0.15, 0.2) is 101 Å². The fourth-order valence-electron chi connectivity index (χ4n) is 3.93. The molecule has 0 aliphatic carbocycles. The highest BCUT2D eigenvalue weighted by molar-refractivity contribution is 7.93. The lowest BCUT2D eigenvalue weighted by Crippen LogP contribution is -2.38. The molecule has 0 fully saturated rings. The van der Waals surface area contributed by atoms with Gasteiger partial charge in [0.15, 0.2) is 0 Å². The van der Waals surface area contributed by atoms with E-state index < -0.39 is 32.5 Å². The van der Waals surface area contributed by atoms with Gasteiger partial charge in [0.25, 0.3) is 20.0 Å². The van der Waals surface area contributed by atoms with Gasteiger partial charge in [-0.05, 0) is 92.6 Å². The van der Waals surface area contributed by atoms with E-state index in [-0.39, 0.29) is 9.79 Å². The number of carbonyl (C=O) groups excluding carboxylic acids is 1. The summed E-state index contributed by atoms with van der Waals surface area (Å²) in [5, 5.41) is 2.66. The van der Waals surface area contributed by atoms with Crippen molar-refractivity contribution in [1.29, 1.82) is 0 Å². The molecule has 0 saturated heterocycles. The molecule has 0 aliphatic heterocycles. The van der Waals surface area contributed by atoms with Gasteiger partial charge in [-0.2, -0.15) is 0 Å². The van der Waals surface area contributed by atoms with Crippen LogP contribution in [0, 0.1) is 20.8 Å². The second-order valence-electron chi connectivity index (χ2n) is 9.09. The molecule has 0 bridgehead atoms. The first-order valence-electron chi connectivity index (χ1n) is 11.9. The molecule has 0 unspecified atom stereocenters. The number of hydrogen-bond acceptors (Lipinski definition) is 6. The van der Waals surface area contributed by atoms with Crippen molar-refractivity contribution in [1.82, 2.24) is 4.98 Å². The van der Waals surface area contributed by atoms with Crippen molar-refractivity contribution in [2.75, 3.05) is 20.9 Å². The monoisotopic (exact) mass is 564 g/mol. The molecule has 2 N–H and O–H groups in total. The van der Waals surface area contributed by atoms with Crippen molar-refractivity contribution >= 4 is 43.0 Å². The van der Waals surface area contributed by atoms with E-state index in [1.807, 2.05) is 26.8 Å². The zero-order chi connectivity index (χ0) is 28.2. The Hall–Kier alpha value is -4.22. The number of nitrogens with one attached hydrogen (secondary N) is 2. The average Bonchev–Trinajstić information content (AvgIpc) is 2.87. The molecule has 11 heteroatoms. The second kappa shape index (κ2) is 11.3. The van der Waals surface area contributed by atoms with Crippen LogP contribution in [-0.4, -0.2) is 34.3 Å². The highest BCUT2D eigenvalue weighted by atomic mass is 32.2. The van der Waals surface area contributed by atoms with Crippen LogP contribution in [0.2, 0.25) is 0 Å². The Kier molecular flexibility index (Phi) is 8.03. The number of rotatable bonds is 9. The van der Waals surface area contributed by atoms with Crippen LogP contribution in [0.3, 0.4) is 0 Å². The van der Waals surface area contributed by atoms with Crippen molar-refractivity contribution in [2.45, 2.75) is 30.6 Å². The maximum absolute atomic E-state index is 13.6. The number of carbonyl (C=O) groups is 1. The van der Waals surface area contributed by atoms with E-state index in [0.29, 0.717) is 17.1 Å². The molecule has 4 rings (SSSR count). The molecular formula is C28H28N4O5S2. The Labute approximate surface area is 228 Å². The summed E-state index contributed by atoms with van der Waals surface area (Å²) in [4.78, 5) is 17.0. The molecule has 4 aromatic rings. The van der Waals surface area contributed by atoms with Gasteiger partial charge in [0.1, 0.15) is 6.54 Å². The normalized spacial score (nSPS) is 11.6. The number of aryl methyl sites for hydroxylation is 3. The number of benzene rings is 3. The number of nitrogens with zero attached hydrogens (tertiary/aromatic N) is 2. The van der Waals surface area contributed by atoms with Crippen molar-refractivity contribution in [3.8, 4) is 0 Å². The van der Waals surface area contributed by atoms with Gasteiger partial charge in [0.05, 0.1) is 27.4 Å². The highest BCUT2D eigenvalue weighted by Crippen LogP contribution is 2.26. The molecule has 3 aromatic carbocycles. The van der Waals surface area contributed by atoms with Crippen molar-refractivity contribution in [2.24, 2.45) is 0 Å². The maximum Gasteiger partial charge on any atom is 0.264 e. The molecule has 9 nitrogen and oxygen atoms in total. The van der Waals surface area contributed by atoms with E-state index in [2.05, 4.69) is 15.0 Å². The predicted molar refractivity (Wildman–Crippen MR) is 152 cm³/mol. The fraction of sp³-hybridized carbons (Fsp3) is 0.143. The molecule has 0 aliphatic rings. The Morgan fingerprint density at radius 3 is 1.97 bits per heavy atom. The maximum atomic E-state index is 13.6. The molecule has 1 aromatic heterocycles. The van der Waals surface area contributed by atoms with E-state index in [1.165, 1.54) is 48.8 Å². The molecule has 1 amide bonds. The SMILES string of the molecule is Cc1ccc(S(=O)(=O)N(CC(=O)Nc2ccc(S(=O)(=O)Nc3cccnc3)cc2)c2cc(C)cc(C)c2)cc1. The van der Waals surface area contributed by atoms with Crippen LogP contribution < -0.4 is 14.3 Å². The first kappa shape index (κ1) is 27.8. The first-order valence-corrected chi connectivity index (χ1v) is 14.9. The minimum atomic E-state index is -4.07. The molecule has 0 atom stereocenters. The molecular weight excluding hydrogens is 536 g/mol. The van der Waals surface area contributed by atoms with Gasteiger partial charge in [-0.15, -0.1) is 0 Å². The van der Waals surface area contributed by atoms with Crippen LogP contribution in [0.4, 0.5) is 17.1 Å². The lowest BCUT2D eigenvalue weighted by atomic mass is 10.1. The lowest BCUT2D eigenvalue weighted by Gasteiger charge is -2.25. The van der Waals surface area contributed by atoms with Gasteiger partial charge in [-0.25, -0.2) is 16.8 Å². The molecule has 39 heavy (non-hydrogen) atoms. The summed E-state index contributed by atoms with van der Waals surface area (Å²) in [7, 11) is -7.93. The van der Waals surface area contributed by atoms with Gasteiger partial charge >= 0.3 is 0 Å². The zero-order valence-corrected chi connectivity index (χ0v) is 23.3. The van der Waals surface area contributed by atoms with Crippen molar-refractivity contribution < 1.29 is 21.6 Å². The first-order chi connectivity index (χ1) is 18.4. The summed E-state index contributed by atoms with van der Waals surface area (Å²) >= 11 is 0. The lowest BCUT2D eigenvalue weighted by molar-refractivity contribution is -0.114. The minimum absolute atomic E-state index is 0.0110. The molecule has 0 saturated carbocycles. The molecule has 0 radical (unpaired) electrons. The summed E-state index contributed by atoms with van der Waals surface area (Å²) in [6.07, 6.45) is 2.92. The van der Waals surface area contributed by atoms with Gasteiger partial charge in [-0.1, -0.05) is 23.8 Å². The number of sulfonamides is 2. The third-order valence-electron chi connectivity index (χ3n) is 5.75. The van der Waals surface area contributed by atoms with E-state index in [4.69, 9.17) is 0 Å². The van der Waals surface area contributed by atoms with Gasteiger partial charge < -0.3 is 5.32 Å². The number of anilines is 3. The quantitative estimate of drug-likeness (QED) is 0.305. The smallest absolute Gasteiger partial charge is 0.264 e. The largest absolute Gasteiger partial charge is 0.325 e. The van der Waals surface area contributed by atoms with E-state index in [0.717, 1.165) is 21.0 Å². The minimum Gasteiger partial charge on any atom is -0.325 e. The molecule has 202 valence electrons. The Morgan fingerprint density at radius 1 is 0.769 bits per heavy atom. The third-order valence-corrected chi connectivity index (χ3v) is 8.94. The van der Waals surface area contributed by atoms with E-state index in [1.54, 1.807) is 36.4 Å². The van der Waals surface area contributed by atoms with Crippen molar-refractivity contribution in [3.63, 3.8) is 0 Å². The van der Waals surface area contributed by atoms with Gasteiger partial charge in [0, 0.05) is 11.9 Å². The molecule has 0 spiro atoms. The summed E-state index contributed by atoms with van der Waals surface area (Å²) < 4.78 is 56.1. The van der Waals surface area contributed by atoms with Gasteiger partial charge in [0.2, 0.25) is 5.91 Å². The summed E-state index contributed by atoms with van der Waals surface area (Å²) in [5.74, 6) is -0.589. The summed E-state index contributed by atoms with van der Waals surface area (Å²) in [6, 6.07) is 20.5. The standard InChI is InChI=1S/C28H28N4O5S2/c1-20-6-10-27(11-7-20)39(36,37)32(25-16-21(2)15-22(3)17-25)19-28(33)30-23-8-12-26(13-9-23)38(34,35)31-24-5-4-14-29-18-24/h4-18,31H,19H2,1-3H3,(H,30,33). The molecule has 1 heterocycles. The van der Waals surface area contributed by atoms with Gasteiger partial charge in [-0.3, -0.25) is 18.8 Å². The van der Waals surface area contributed by atoms with Crippen LogP contribution in [0.25, 0.3) is 0 Å². The van der Waals surface area contributed by atoms with Crippen LogP contribution in [0.5, 0.6) is 0 Å². The fourth-order valence-corrected chi connectivity index (χ4v) is 6.38. The van der Waals surface area contributed by atoms with E-state index >= 15 is 0 Å². The number of hydrogen-bond donors (Lipinski definition) is 2. The van der Waals surface area contributed by atoms with Crippen LogP contribution in [-0.2, 0) is 24.8 Å². The Balaban J connectivity index is 1.56.